The Hall–Kier alpha value is -2.96. The highest BCUT2D eigenvalue weighted by Gasteiger charge is 2.12. The van der Waals surface area contributed by atoms with E-state index in [1.54, 1.807) is 46.0 Å². The number of nitrogens with zero attached hydrogens (tertiary/aromatic N) is 5. The Kier molecular flexibility index (Phi) is 3.23. The van der Waals surface area contributed by atoms with Crippen molar-refractivity contribution in [2.24, 2.45) is 7.05 Å². The van der Waals surface area contributed by atoms with Gasteiger partial charge in [0.05, 0.1) is 24.0 Å². The van der Waals surface area contributed by atoms with Crippen molar-refractivity contribution in [3.8, 4) is 11.4 Å². The predicted molar refractivity (Wildman–Crippen MR) is 74.7 cm³/mol. The predicted octanol–water partition coefficient (Wildman–Crippen LogP) is 1.43. The van der Waals surface area contributed by atoms with E-state index in [1.807, 2.05) is 13.1 Å². The van der Waals surface area contributed by atoms with E-state index in [0.29, 0.717) is 17.8 Å². The molecule has 0 aliphatic carbocycles. The fourth-order valence-electron chi connectivity index (χ4n) is 2.16. The summed E-state index contributed by atoms with van der Waals surface area (Å²) in [5.74, 6) is -0.947. The Morgan fingerprint density at radius 1 is 1.29 bits per heavy atom. The first kappa shape index (κ1) is 13.0. The number of aromatic nitrogens is 5. The molecule has 21 heavy (non-hydrogen) atoms. The van der Waals surface area contributed by atoms with Crippen molar-refractivity contribution >= 4 is 5.97 Å². The first-order chi connectivity index (χ1) is 10.1. The van der Waals surface area contributed by atoms with Crippen LogP contribution in [0.25, 0.3) is 11.4 Å². The molecular weight excluding hydrogens is 270 g/mol. The maximum Gasteiger partial charge on any atom is 0.336 e. The van der Waals surface area contributed by atoms with Gasteiger partial charge in [-0.25, -0.2) is 9.48 Å². The SMILES string of the molecule is Cn1nccc1-c1cn(Cc2ccccc2C(=O)O)nn1. The maximum absolute atomic E-state index is 11.2. The Morgan fingerprint density at radius 2 is 2.10 bits per heavy atom. The summed E-state index contributed by atoms with van der Waals surface area (Å²) < 4.78 is 3.32. The second-order valence-corrected chi connectivity index (χ2v) is 4.60. The van der Waals surface area contributed by atoms with Crippen molar-refractivity contribution in [2.45, 2.75) is 6.54 Å². The molecule has 2 heterocycles. The van der Waals surface area contributed by atoms with Crippen molar-refractivity contribution < 1.29 is 9.90 Å². The van der Waals surface area contributed by atoms with Gasteiger partial charge in [-0.05, 0) is 17.7 Å². The molecule has 0 saturated heterocycles. The Balaban J connectivity index is 1.89. The van der Waals surface area contributed by atoms with Crippen LogP contribution >= 0.6 is 0 Å². The molecule has 0 aliphatic heterocycles. The number of rotatable bonds is 4. The third kappa shape index (κ3) is 2.53. The minimum absolute atomic E-state index is 0.273. The standard InChI is InChI=1S/C14H13N5O2/c1-18-13(6-7-15-18)12-9-19(17-16-12)8-10-4-2-3-5-11(10)14(20)21/h2-7,9H,8H2,1H3,(H,20,21). The van der Waals surface area contributed by atoms with Gasteiger partial charge in [0.15, 0.2) is 0 Å². The van der Waals surface area contributed by atoms with E-state index in [9.17, 15) is 9.90 Å². The van der Waals surface area contributed by atoms with Crippen molar-refractivity contribution in [1.29, 1.82) is 0 Å². The van der Waals surface area contributed by atoms with Crippen LogP contribution in [-0.2, 0) is 13.6 Å². The zero-order valence-electron chi connectivity index (χ0n) is 11.3. The van der Waals surface area contributed by atoms with Crippen molar-refractivity contribution in [2.75, 3.05) is 0 Å². The summed E-state index contributed by atoms with van der Waals surface area (Å²) in [5, 5.41) is 21.4. The number of aromatic carboxylic acids is 1. The summed E-state index contributed by atoms with van der Waals surface area (Å²) in [6, 6.07) is 8.71. The summed E-state index contributed by atoms with van der Waals surface area (Å²) in [6.07, 6.45) is 3.46. The molecule has 0 atom stereocenters. The van der Waals surface area contributed by atoms with Crippen molar-refractivity contribution in [1.82, 2.24) is 24.8 Å². The zero-order chi connectivity index (χ0) is 14.8. The molecule has 0 unspecified atom stereocenters. The summed E-state index contributed by atoms with van der Waals surface area (Å²) in [5.41, 5.74) is 2.51. The lowest BCUT2D eigenvalue weighted by Gasteiger charge is -2.04. The highest BCUT2D eigenvalue weighted by molar-refractivity contribution is 5.89. The smallest absolute Gasteiger partial charge is 0.336 e. The average Bonchev–Trinajstić information content (AvgIpc) is 3.08. The van der Waals surface area contributed by atoms with Gasteiger partial charge in [-0.15, -0.1) is 5.10 Å². The fourth-order valence-corrected chi connectivity index (χ4v) is 2.16. The van der Waals surface area contributed by atoms with E-state index in [2.05, 4.69) is 15.4 Å². The van der Waals surface area contributed by atoms with Crippen LogP contribution < -0.4 is 0 Å². The number of aryl methyl sites for hydroxylation is 1. The second kappa shape index (κ2) is 5.20. The molecule has 0 aliphatic rings. The molecular formula is C14H13N5O2. The third-order valence-electron chi connectivity index (χ3n) is 3.20. The lowest BCUT2D eigenvalue weighted by atomic mass is 10.1. The van der Waals surface area contributed by atoms with E-state index in [-0.39, 0.29) is 5.56 Å². The summed E-state index contributed by atoms with van der Waals surface area (Å²) >= 11 is 0. The molecule has 7 heteroatoms. The molecule has 3 rings (SSSR count). The van der Waals surface area contributed by atoms with Gasteiger partial charge in [-0.2, -0.15) is 5.10 Å². The van der Waals surface area contributed by atoms with Gasteiger partial charge in [-0.1, -0.05) is 23.4 Å². The zero-order valence-corrected chi connectivity index (χ0v) is 11.3. The third-order valence-corrected chi connectivity index (χ3v) is 3.20. The first-order valence-corrected chi connectivity index (χ1v) is 6.35. The number of hydrogen-bond donors (Lipinski definition) is 1. The van der Waals surface area contributed by atoms with E-state index >= 15 is 0 Å². The first-order valence-electron chi connectivity index (χ1n) is 6.35. The maximum atomic E-state index is 11.2. The number of hydrogen-bond acceptors (Lipinski definition) is 4. The molecule has 0 amide bonds. The Morgan fingerprint density at radius 3 is 2.81 bits per heavy atom. The topological polar surface area (TPSA) is 85.8 Å². The highest BCUT2D eigenvalue weighted by Crippen LogP contribution is 2.16. The quantitative estimate of drug-likeness (QED) is 0.782. The summed E-state index contributed by atoms with van der Waals surface area (Å²) in [7, 11) is 1.83. The molecule has 1 N–H and O–H groups in total. The van der Waals surface area contributed by atoms with Crippen LogP contribution in [0.3, 0.4) is 0 Å². The molecule has 2 aromatic heterocycles. The van der Waals surface area contributed by atoms with E-state index < -0.39 is 5.97 Å². The minimum atomic E-state index is -0.947. The van der Waals surface area contributed by atoms with Crippen LogP contribution in [0.2, 0.25) is 0 Å². The van der Waals surface area contributed by atoms with Crippen LogP contribution in [0.15, 0.2) is 42.7 Å². The highest BCUT2D eigenvalue weighted by atomic mass is 16.4. The number of carbonyl (C=O) groups is 1. The van der Waals surface area contributed by atoms with Crippen molar-refractivity contribution in [3.63, 3.8) is 0 Å². The molecule has 7 nitrogen and oxygen atoms in total. The lowest BCUT2D eigenvalue weighted by Crippen LogP contribution is -2.07. The van der Waals surface area contributed by atoms with Gasteiger partial charge in [0, 0.05) is 13.2 Å². The molecule has 0 saturated carbocycles. The van der Waals surface area contributed by atoms with E-state index in [1.165, 1.54) is 0 Å². The van der Waals surface area contributed by atoms with Gasteiger partial charge in [0.2, 0.25) is 0 Å². The molecule has 0 bridgehead atoms. The van der Waals surface area contributed by atoms with Crippen LogP contribution in [0.5, 0.6) is 0 Å². The largest absolute Gasteiger partial charge is 0.478 e. The van der Waals surface area contributed by atoms with Gasteiger partial charge in [0.25, 0.3) is 0 Å². The van der Waals surface area contributed by atoms with Crippen LogP contribution in [0.1, 0.15) is 15.9 Å². The Bertz CT molecular complexity index is 790. The van der Waals surface area contributed by atoms with Gasteiger partial charge < -0.3 is 5.11 Å². The minimum Gasteiger partial charge on any atom is -0.478 e. The summed E-state index contributed by atoms with van der Waals surface area (Å²) in [4.78, 5) is 11.2. The van der Waals surface area contributed by atoms with Gasteiger partial charge >= 0.3 is 5.97 Å². The summed E-state index contributed by atoms with van der Waals surface area (Å²) in [6.45, 7) is 0.354. The molecule has 0 spiro atoms. The number of benzene rings is 1. The van der Waals surface area contributed by atoms with Crippen LogP contribution in [-0.4, -0.2) is 35.9 Å². The molecule has 3 aromatic rings. The van der Waals surface area contributed by atoms with Crippen molar-refractivity contribution in [3.05, 3.63) is 53.9 Å². The molecule has 0 fully saturated rings. The van der Waals surface area contributed by atoms with E-state index in [0.717, 1.165) is 5.69 Å². The normalized spacial score (nSPS) is 10.7. The van der Waals surface area contributed by atoms with E-state index in [4.69, 9.17) is 0 Å². The fraction of sp³-hybridized carbons (Fsp3) is 0.143. The van der Waals surface area contributed by atoms with Crippen LogP contribution in [0.4, 0.5) is 0 Å². The number of carboxylic acids is 1. The van der Waals surface area contributed by atoms with Crippen LogP contribution in [0, 0.1) is 0 Å². The number of carboxylic acid groups (broad SMARTS) is 1. The average molecular weight is 283 g/mol. The monoisotopic (exact) mass is 283 g/mol. The van der Waals surface area contributed by atoms with Gasteiger partial charge in [-0.3, -0.25) is 4.68 Å². The molecule has 1 aromatic carbocycles. The lowest BCUT2D eigenvalue weighted by molar-refractivity contribution is 0.0695. The second-order valence-electron chi connectivity index (χ2n) is 4.60. The van der Waals surface area contributed by atoms with Gasteiger partial charge in [0.1, 0.15) is 5.69 Å². The molecule has 0 radical (unpaired) electrons. The molecule has 106 valence electrons. The Labute approximate surface area is 120 Å².